The van der Waals surface area contributed by atoms with Gasteiger partial charge in [-0.25, -0.2) is 14.5 Å². The summed E-state index contributed by atoms with van der Waals surface area (Å²) in [5, 5.41) is 13.9. The SMILES string of the molecule is COc1ncc(-c2cc(C3C[C@@H]3c3ccc(C#N)c(OC)c3)c3nccn3n2)c(OC)n1. The van der Waals surface area contributed by atoms with Crippen LogP contribution in [-0.4, -0.2) is 45.9 Å². The van der Waals surface area contributed by atoms with Gasteiger partial charge < -0.3 is 14.2 Å². The van der Waals surface area contributed by atoms with E-state index in [4.69, 9.17) is 14.2 Å². The average Bonchev–Trinajstić information content (AvgIpc) is 3.50. The van der Waals surface area contributed by atoms with E-state index < -0.39 is 0 Å². The zero-order valence-electron chi connectivity index (χ0n) is 17.8. The number of aromatic nitrogens is 5. The van der Waals surface area contributed by atoms with Gasteiger partial charge in [-0.1, -0.05) is 6.07 Å². The van der Waals surface area contributed by atoms with Crippen molar-refractivity contribution in [1.29, 1.82) is 5.26 Å². The van der Waals surface area contributed by atoms with E-state index in [1.54, 1.807) is 31.1 Å². The molecule has 1 fully saturated rings. The molecule has 0 radical (unpaired) electrons. The third-order valence-electron chi connectivity index (χ3n) is 5.74. The van der Waals surface area contributed by atoms with Gasteiger partial charge in [0.1, 0.15) is 11.8 Å². The molecule has 0 saturated heterocycles. The summed E-state index contributed by atoms with van der Waals surface area (Å²) in [7, 11) is 4.64. The topological polar surface area (TPSA) is 107 Å². The molecular formula is C23H20N6O3. The highest BCUT2D eigenvalue weighted by Gasteiger charge is 2.41. The standard InChI is InChI=1S/C23H20N6O3/c1-30-20-8-13(4-5-14(20)11-24)15-9-16(15)17-10-19(28-29-7-6-25-21(17)29)18-12-26-23(32-3)27-22(18)31-2/h4-8,10,12,15-16H,9H2,1-3H3/t15-,16?/m1/s1. The highest BCUT2D eigenvalue weighted by Crippen LogP contribution is 2.56. The van der Waals surface area contributed by atoms with Crippen LogP contribution in [-0.2, 0) is 0 Å². The second kappa shape index (κ2) is 7.81. The number of ether oxygens (including phenoxy) is 3. The van der Waals surface area contributed by atoms with E-state index in [1.807, 2.05) is 30.5 Å². The Kier molecular flexibility index (Phi) is 4.82. The zero-order valence-corrected chi connectivity index (χ0v) is 17.8. The summed E-state index contributed by atoms with van der Waals surface area (Å²) < 4.78 is 17.7. The van der Waals surface area contributed by atoms with Gasteiger partial charge in [-0.15, -0.1) is 0 Å². The number of nitriles is 1. The fourth-order valence-electron chi connectivity index (χ4n) is 4.06. The highest BCUT2D eigenvalue weighted by atomic mass is 16.5. The van der Waals surface area contributed by atoms with Crippen LogP contribution in [0.1, 0.15) is 34.9 Å². The molecule has 1 aromatic carbocycles. The van der Waals surface area contributed by atoms with E-state index in [0.29, 0.717) is 34.4 Å². The molecule has 0 amide bonds. The fraction of sp³-hybridized carbons (Fsp3) is 0.261. The maximum Gasteiger partial charge on any atom is 0.319 e. The smallest absolute Gasteiger partial charge is 0.319 e. The molecule has 1 saturated carbocycles. The Hall–Kier alpha value is -4.19. The van der Waals surface area contributed by atoms with Gasteiger partial charge in [0.25, 0.3) is 0 Å². The fourth-order valence-corrected chi connectivity index (χ4v) is 4.06. The van der Waals surface area contributed by atoms with E-state index in [2.05, 4.69) is 26.1 Å². The van der Waals surface area contributed by atoms with Gasteiger partial charge >= 0.3 is 6.01 Å². The molecule has 3 aromatic heterocycles. The number of methoxy groups -OCH3 is 3. The highest BCUT2D eigenvalue weighted by molar-refractivity contribution is 5.68. The summed E-state index contributed by atoms with van der Waals surface area (Å²) in [6, 6.07) is 10.2. The van der Waals surface area contributed by atoms with Gasteiger partial charge in [-0.05, 0) is 42.0 Å². The van der Waals surface area contributed by atoms with Crippen LogP contribution in [0.15, 0.2) is 42.9 Å². The predicted octanol–water partition coefficient (Wildman–Crippen LogP) is 3.35. The molecule has 0 aliphatic heterocycles. The van der Waals surface area contributed by atoms with Gasteiger partial charge in [-0.3, -0.25) is 0 Å². The molecule has 2 atom stereocenters. The molecule has 0 bridgehead atoms. The van der Waals surface area contributed by atoms with Crippen molar-refractivity contribution in [2.75, 3.05) is 21.3 Å². The number of fused-ring (bicyclic) bond motifs is 1. The van der Waals surface area contributed by atoms with Crippen molar-refractivity contribution in [3.05, 3.63) is 59.5 Å². The Morgan fingerprint density at radius 2 is 1.94 bits per heavy atom. The van der Waals surface area contributed by atoms with Crippen molar-refractivity contribution in [2.45, 2.75) is 18.3 Å². The number of benzene rings is 1. The van der Waals surface area contributed by atoms with Crippen molar-refractivity contribution >= 4 is 5.65 Å². The molecular weight excluding hydrogens is 408 g/mol. The normalized spacial score (nSPS) is 17.1. The maximum absolute atomic E-state index is 9.26. The van der Waals surface area contributed by atoms with Crippen molar-refractivity contribution in [2.24, 2.45) is 0 Å². The zero-order chi connectivity index (χ0) is 22.2. The van der Waals surface area contributed by atoms with Crippen molar-refractivity contribution < 1.29 is 14.2 Å². The third-order valence-corrected chi connectivity index (χ3v) is 5.74. The minimum absolute atomic E-state index is 0.228. The average molecular weight is 428 g/mol. The molecule has 1 aliphatic carbocycles. The van der Waals surface area contributed by atoms with Crippen molar-refractivity contribution in [3.63, 3.8) is 0 Å². The molecule has 3 heterocycles. The number of nitrogens with zero attached hydrogens (tertiary/aromatic N) is 6. The second-order valence-electron chi connectivity index (χ2n) is 7.48. The molecule has 0 N–H and O–H groups in total. The van der Waals surface area contributed by atoms with E-state index in [0.717, 1.165) is 23.2 Å². The van der Waals surface area contributed by atoms with Gasteiger partial charge in [0.15, 0.2) is 5.65 Å². The molecule has 160 valence electrons. The maximum atomic E-state index is 9.26. The number of rotatable bonds is 6. The first-order chi connectivity index (χ1) is 15.7. The summed E-state index contributed by atoms with van der Waals surface area (Å²) >= 11 is 0. The monoisotopic (exact) mass is 428 g/mol. The lowest BCUT2D eigenvalue weighted by Crippen LogP contribution is -2.02. The minimum atomic E-state index is 0.228. The minimum Gasteiger partial charge on any atom is -0.495 e. The first-order valence-corrected chi connectivity index (χ1v) is 10.0. The Morgan fingerprint density at radius 3 is 2.69 bits per heavy atom. The largest absolute Gasteiger partial charge is 0.495 e. The summed E-state index contributed by atoms with van der Waals surface area (Å²) in [5.41, 5.74) is 4.93. The van der Waals surface area contributed by atoms with Crippen LogP contribution in [0.3, 0.4) is 0 Å². The summed E-state index contributed by atoms with van der Waals surface area (Å²) in [6.07, 6.45) is 6.17. The van der Waals surface area contributed by atoms with Crippen molar-refractivity contribution in [3.8, 4) is 35.0 Å². The molecule has 9 heteroatoms. The number of hydrogen-bond acceptors (Lipinski definition) is 8. The van der Waals surface area contributed by atoms with Crippen LogP contribution in [0.2, 0.25) is 0 Å². The molecule has 4 aromatic rings. The third kappa shape index (κ3) is 3.26. The Labute approximate surface area is 184 Å². The van der Waals surface area contributed by atoms with Crippen LogP contribution in [0.5, 0.6) is 17.6 Å². The predicted molar refractivity (Wildman–Crippen MR) is 115 cm³/mol. The molecule has 32 heavy (non-hydrogen) atoms. The second-order valence-corrected chi connectivity index (χ2v) is 7.48. The van der Waals surface area contributed by atoms with E-state index in [-0.39, 0.29) is 11.9 Å². The Balaban J connectivity index is 1.55. The molecule has 0 spiro atoms. The Morgan fingerprint density at radius 1 is 1.06 bits per heavy atom. The van der Waals surface area contributed by atoms with Gasteiger partial charge in [0.05, 0.1) is 38.2 Å². The van der Waals surface area contributed by atoms with Crippen LogP contribution in [0.25, 0.3) is 16.9 Å². The van der Waals surface area contributed by atoms with Crippen LogP contribution in [0.4, 0.5) is 0 Å². The molecule has 1 unspecified atom stereocenters. The Bertz CT molecular complexity index is 1360. The van der Waals surface area contributed by atoms with Crippen LogP contribution >= 0.6 is 0 Å². The van der Waals surface area contributed by atoms with Gasteiger partial charge in [0, 0.05) is 24.2 Å². The lowest BCUT2D eigenvalue weighted by atomic mass is 10.0. The first kappa shape index (κ1) is 19.8. The lowest BCUT2D eigenvalue weighted by Gasteiger charge is -2.11. The van der Waals surface area contributed by atoms with E-state index in [9.17, 15) is 5.26 Å². The summed E-state index contributed by atoms with van der Waals surface area (Å²) in [4.78, 5) is 13.0. The number of hydrogen-bond donors (Lipinski definition) is 0. The van der Waals surface area contributed by atoms with E-state index in [1.165, 1.54) is 7.11 Å². The molecule has 5 rings (SSSR count). The van der Waals surface area contributed by atoms with Crippen LogP contribution < -0.4 is 14.2 Å². The summed E-state index contributed by atoms with van der Waals surface area (Å²) in [5.74, 6) is 1.56. The molecule has 9 nitrogen and oxygen atoms in total. The first-order valence-electron chi connectivity index (χ1n) is 10.0. The van der Waals surface area contributed by atoms with Crippen LogP contribution in [0, 0.1) is 11.3 Å². The van der Waals surface area contributed by atoms with Crippen molar-refractivity contribution in [1.82, 2.24) is 24.6 Å². The van der Waals surface area contributed by atoms with E-state index >= 15 is 0 Å². The molecule has 1 aliphatic rings. The summed E-state index contributed by atoms with van der Waals surface area (Å²) in [6.45, 7) is 0. The van der Waals surface area contributed by atoms with Gasteiger partial charge in [0.2, 0.25) is 5.88 Å². The van der Waals surface area contributed by atoms with Gasteiger partial charge in [-0.2, -0.15) is 15.3 Å². The number of imidazole rings is 1. The quantitative estimate of drug-likeness (QED) is 0.460. The lowest BCUT2D eigenvalue weighted by molar-refractivity contribution is 0.353.